The van der Waals surface area contributed by atoms with Crippen LogP contribution in [0, 0.1) is 5.92 Å². The fourth-order valence-corrected chi connectivity index (χ4v) is 1.37. The molecule has 17 heavy (non-hydrogen) atoms. The Kier molecular flexibility index (Phi) is 4.19. The number of carbonyl (C=O) groups excluding carboxylic acids is 1. The molecule has 0 aromatic heterocycles. The number of alkyl halides is 3. The zero-order valence-corrected chi connectivity index (χ0v) is 8.88. The molecule has 1 unspecified atom stereocenters. The first-order chi connectivity index (χ1) is 7.80. The summed E-state index contributed by atoms with van der Waals surface area (Å²) >= 11 is 0. The van der Waals surface area contributed by atoms with Crippen LogP contribution in [0.4, 0.5) is 18.0 Å². The molecule has 98 valence electrons. The van der Waals surface area contributed by atoms with Gasteiger partial charge in [0.2, 0.25) is 0 Å². The van der Waals surface area contributed by atoms with Crippen molar-refractivity contribution >= 4 is 12.0 Å². The van der Waals surface area contributed by atoms with Crippen LogP contribution in [0.25, 0.3) is 0 Å². The Labute approximate surface area is 95.4 Å². The maximum Gasteiger partial charge on any atom is 0.408 e. The van der Waals surface area contributed by atoms with Crippen LogP contribution in [-0.4, -0.2) is 35.9 Å². The van der Waals surface area contributed by atoms with Crippen molar-refractivity contribution in [2.75, 3.05) is 6.54 Å². The Morgan fingerprint density at radius 1 is 1.35 bits per heavy atom. The first-order valence-corrected chi connectivity index (χ1v) is 5.13. The SMILES string of the molecule is O=C(O)CCNC(=O)NC(C1CC1)C(F)(F)F. The molecule has 0 aromatic rings. The predicted octanol–water partition coefficient (Wildman–Crippen LogP) is 1.10. The van der Waals surface area contributed by atoms with Crippen LogP contribution >= 0.6 is 0 Å². The van der Waals surface area contributed by atoms with Gasteiger partial charge in [0.25, 0.3) is 0 Å². The molecule has 1 rings (SSSR count). The summed E-state index contributed by atoms with van der Waals surface area (Å²) in [5.41, 5.74) is 0. The molecule has 0 bridgehead atoms. The van der Waals surface area contributed by atoms with E-state index in [4.69, 9.17) is 5.11 Å². The van der Waals surface area contributed by atoms with Crippen LogP contribution in [0.2, 0.25) is 0 Å². The van der Waals surface area contributed by atoms with Crippen molar-refractivity contribution in [2.45, 2.75) is 31.5 Å². The van der Waals surface area contributed by atoms with Gasteiger partial charge in [-0.1, -0.05) is 0 Å². The van der Waals surface area contributed by atoms with Gasteiger partial charge in [0.05, 0.1) is 6.42 Å². The van der Waals surface area contributed by atoms with Crippen LogP contribution in [0.5, 0.6) is 0 Å². The molecule has 1 aliphatic rings. The van der Waals surface area contributed by atoms with E-state index in [1.807, 2.05) is 5.32 Å². The molecule has 2 amide bonds. The van der Waals surface area contributed by atoms with Gasteiger partial charge >= 0.3 is 18.2 Å². The van der Waals surface area contributed by atoms with Crippen molar-refractivity contribution in [1.29, 1.82) is 0 Å². The zero-order chi connectivity index (χ0) is 13.1. The number of carbonyl (C=O) groups is 2. The Bertz CT molecular complexity index is 302. The van der Waals surface area contributed by atoms with Crippen LogP contribution < -0.4 is 10.6 Å². The third-order valence-electron chi connectivity index (χ3n) is 2.36. The second-order valence-corrected chi connectivity index (χ2v) is 3.90. The molecule has 0 spiro atoms. The van der Waals surface area contributed by atoms with Gasteiger partial charge in [-0.05, 0) is 18.8 Å². The summed E-state index contributed by atoms with van der Waals surface area (Å²) in [6, 6.07) is -2.83. The molecule has 3 N–H and O–H groups in total. The van der Waals surface area contributed by atoms with E-state index in [-0.39, 0.29) is 13.0 Å². The average Bonchev–Trinajstić information content (AvgIpc) is 2.94. The standard InChI is InChI=1S/C9H13F3N2O3/c10-9(11,12)7(5-1-2-5)14-8(17)13-4-3-6(15)16/h5,7H,1-4H2,(H,15,16)(H2,13,14,17). The van der Waals surface area contributed by atoms with Crippen molar-refractivity contribution in [3.05, 3.63) is 0 Å². The topological polar surface area (TPSA) is 78.4 Å². The molecule has 1 atom stereocenters. The first kappa shape index (κ1) is 13.6. The van der Waals surface area contributed by atoms with Crippen LogP contribution in [0.15, 0.2) is 0 Å². The Hall–Kier alpha value is -1.47. The molecule has 5 nitrogen and oxygen atoms in total. The lowest BCUT2D eigenvalue weighted by atomic mass is 10.2. The number of urea groups is 1. The average molecular weight is 254 g/mol. The van der Waals surface area contributed by atoms with Crippen molar-refractivity contribution in [3.8, 4) is 0 Å². The quantitative estimate of drug-likeness (QED) is 0.687. The number of aliphatic carboxylic acids is 1. The molecule has 0 heterocycles. The smallest absolute Gasteiger partial charge is 0.408 e. The molecule has 1 saturated carbocycles. The van der Waals surface area contributed by atoms with E-state index in [0.29, 0.717) is 12.8 Å². The summed E-state index contributed by atoms with van der Waals surface area (Å²) in [7, 11) is 0. The fraction of sp³-hybridized carbons (Fsp3) is 0.778. The van der Waals surface area contributed by atoms with E-state index < -0.39 is 30.1 Å². The number of hydrogen-bond acceptors (Lipinski definition) is 2. The molecule has 0 aromatic carbocycles. The molecule has 0 saturated heterocycles. The molecule has 0 aliphatic heterocycles. The first-order valence-electron chi connectivity index (χ1n) is 5.13. The largest absolute Gasteiger partial charge is 0.481 e. The van der Waals surface area contributed by atoms with Crippen molar-refractivity contribution in [1.82, 2.24) is 10.6 Å². The minimum atomic E-state index is -4.47. The summed E-state index contributed by atoms with van der Waals surface area (Å²) in [5.74, 6) is -1.68. The van der Waals surface area contributed by atoms with Crippen molar-refractivity contribution in [3.63, 3.8) is 0 Å². The van der Waals surface area contributed by atoms with Gasteiger partial charge in [-0.15, -0.1) is 0 Å². The van der Waals surface area contributed by atoms with Crippen LogP contribution in [0.3, 0.4) is 0 Å². The number of nitrogens with one attached hydrogen (secondary N) is 2. The van der Waals surface area contributed by atoms with Crippen LogP contribution in [-0.2, 0) is 4.79 Å². The number of carboxylic acid groups (broad SMARTS) is 1. The van der Waals surface area contributed by atoms with E-state index in [1.165, 1.54) is 0 Å². The Balaban J connectivity index is 2.34. The maximum atomic E-state index is 12.5. The molecule has 8 heteroatoms. The zero-order valence-electron chi connectivity index (χ0n) is 8.88. The summed E-state index contributed by atoms with van der Waals surface area (Å²) < 4.78 is 37.5. The molecular weight excluding hydrogens is 241 g/mol. The predicted molar refractivity (Wildman–Crippen MR) is 51.4 cm³/mol. The highest BCUT2D eigenvalue weighted by Crippen LogP contribution is 2.39. The third kappa shape index (κ3) is 4.92. The second kappa shape index (κ2) is 5.24. The van der Waals surface area contributed by atoms with Gasteiger partial charge < -0.3 is 15.7 Å². The highest BCUT2D eigenvalue weighted by molar-refractivity contribution is 5.75. The number of rotatable bonds is 5. The number of halogens is 3. The Morgan fingerprint density at radius 2 is 1.94 bits per heavy atom. The van der Waals surface area contributed by atoms with Crippen molar-refractivity contribution < 1.29 is 27.9 Å². The molecular formula is C9H13F3N2O3. The Morgan fingerprint density at radius 3 is 2.35 bits per heavy atom. The molecule has 0 radical (unpaired) electrons. The summed E-state index contributed by atoms with van der Waals surface area (Å²) in [4.78, 5) is 21.2. The number of hydrogen-bond donors (Lipinski definition) is 3. The molecule has 1 fully saturated rings. The fourth-order valence-electron chi connectivity index (χ4n) is 1.37. The van der Waals surface area contributed by atoms with Gasteiger partial charge in [0.1, 0.15) is 6.04 Å². The van der Waals surface area contributed by atoms with Gasteiger partial charge in [0.15, 0.2) is 0 Å². The van der Waals surface area contributed by atoms with Gasteiger partial charge in [-0.2, -0.15) is 13.2 Å². The van der Waals surface area contributed by atoms with Crippen molar-refractivity contribution in [2.24, 2.45) is 5.92 Å². The van der Waals surface area contributed by atoms with Gasteiger partial charge in [0, 0.05) is 6.54 Å². The second-order valence-electron chi connectivity index (χ2n) is 3.90. The minimum absolute atomic E-state index is 0.198. The molecule has 1 aliphatic carbocycles. The van der Waals surface area contributed by atoms with Gasteiger partial charge in [-0.25, -0.2) is 4.79 Å². The number of amides is 2. The van der Waals surface area contributed by atoms with E-state index >= 15 is 0 Å². The van der Waals surface area contributed by atoms with Gasteiger partial charge in [-0.3, -0.25) is 4.79 Å². The summed E-state index contributed by atoms with van der Waals surface area (Å²) in [6.45, 7) is -0.198. The third-order valence-corrected chi connectivity index (χ3v) is 2.36. The van der Waals surface area contributed by atoms with E-state index in [1.54, 1.807) is 0 Å². The van der Waals surface area contributed by atoms with E-state index in [2.05, 4.69) is 5.32 Å². The summed E-state index contributed by atoms with van der Waals surface area (Å²) in [6.07, 6.45) is -3.90. The normalized spacial score (nSPS) is 17.4. The lowest BCUT2D eigenvalue weighted by molar-refractivity contribution is -0.157. The van der Waals surface area contributed by atoms with E-state index in [0.717, 1.165) is 0 Å². The highest BCUT2D eigenvalue weighted by atomic mass is 19.4. The minimum Gasteiger partial charge on any atom is -0.481 e. The maximum absolute atomic E-state index is 12.5. The van der Waals surface area contributed by atoms with E-state index in [9.17, 15) is 22.8 Å². The highest BCUT2D eigenvalue weighted by Gasteiger charge is 2.49. The van der Waals surface area contributed by atoms with Crippen LogP contribution in [0.1, 0.15) is 19.3 Å². The lowest BCUT2D eigenvalue weighted by Crippen LogP contribution is -2.50. The number of carboxylic acids is 1. The summed E-state index contributed by atoms with van der Waals surface area (Å²) in [5, 5.41) is 12.2. The lowest BCUT2D eigenvalue weighted by Gasteiger charge is -2.21. The monoisotopic (exact) mass is 254 g/mol.